The number of hydrogen-bond donors (Lipinski definition) is 1. The molecule has 1 aliphatic heterocycles. The topological polar surface area (TPSA) is 36.4 Å². The Labute approximate surface area is 165 Å². The maximum atomic E-state index is 9.38. The smallest absolute Gasteiger partial charge is 0.157 e. The van der Waals surface area contributed by atoms with Crippen LogP contribution in [0.1, 0.15) is 22.4 Å². The number of halogens is 1. The molecule has 0 amide bonds. The molecule has 0 aliphatic carbocycles. The molecule has 4 nitrogen and oxygen atoms in total. The number of hydrogen-bond acceptors (Lipinski definition) is 3. The summed E-state index contributed by atoms with van der Waals surface area (Å²) in [5.74, 6) is 0. The standard InChI is InChI=1S/C20H23ClN4S/c1-14-4-5-17(21)11-19(14)24-8-6-23(7-9-24)13-25-16(3)10-15(2)18(12-22)20(25)26/h4-5,10-11H,6-9,13H2,1-3H3/p+1. The summed E-state index contributed by atoms with van der Waals surface area (Å²) in [6, 6.07) is 10.4. The van der Waals surface area contributed by atoms with Crippen molar-refractivity contribution in [3.63, 3.8) is 0 Å². The van der Waals surface area contributed by atoms with Crippen LogP contribution in [0.25, 0.3) is 0 Å². The summed E-state index contributed by atoms with van der Waals surface area (Å²) in [5.41, 5.74) is 5.19. The summed E-state index contributed by atoms with van der Waals surface area (Å²) in [5, 5.41) is 10.2. The van der Waals surface area contributed by atoms with Crippen molar-refractivity contribution in [2.75, 3.05) is 31.1 Å². The number of aryl methyl sites for hydroxylation is 3. The van der Waals surface area contributed by atoms with Gasteiger partial charge in [0.15, 0.2) is 6.67 Å². The third-order valence-electron chi connectivity index (χ3n) is 5.18. The average Bonchev–Trinajstić information content (AvgIpc) is 2.61. The second-order valence-electron chi connectivity index (χ2n) is 7.01. The van der Waals surface area contributed by atoms with Crippen molar-refractivity contribution in [2.24, 2.45) is 0 Å². The van der Waals surface area contributed by atoms with E-state index in [1.807, 2.05) is 13.0 Å². The third-order valence-corrected chi connectivity index (χ3v) is 5.84. The summed E-state index contributed by atoms with van der Waals surface area (Å²) < 4.78 is 2.77. The van der Waals surface area contributed by atoms with E-state index in [9.17, 15) is 5.26 Å². The van der Waals surface area contributed by atoms with Crippen LogP contribution in [0.2, 0.25) is 5.02 Å². The van der Waals surface area contributed by atoms with E-state index >= 15 is 0 Å². The third kappa shape index (κ3) is 3.78. The van der Waals surface area contributed by atoms with Crippen LogP contribution in [0.3, 0.4) is 0 Å². The Bertz CT molecular complexity index is 921. The van der Waals surface area contributed by atoms with Crippen molar-refractivity contribution >= 4 is 29.5 Å². The van der Waals surface area contributed by atoms with Crippen molar-refractivity contribution in [3.8, 4) is 6.07 Å². The summed E-state index contributed by atoms with van der Waals surface area (Å²) in [7, 11) is 0. The van der Waals surface area contributed by atoms with E-state index < -0.39 is 0 Å². The zero-order chi connectivity index (χ0) is 18.8. The van der Waals surface area contributed by atoms with Gasteiger partial charge < -0.3 is 9.80 Å². The van der Waals surface area contributed by atoms with E-state index in [2.05, 4.69) is 47.6 Å². The predicted octanol–water partition coefficient (Wildman–Crippen LogP) is 3.03. The Morgan fingerprint density at radius 1 is 1.15 bits per heavy atom. The molecule has 1 N–H and O–H groups in total. The molecule has 0 bridgehead atoms. The molecule has 1 fully saturated rings. The molecule has 0 spiro atoms. The highest BCUT2D eigenvalue weighted by atomic mass is 35.5. The lowest BCUT2D eigenvalue weighted by Crippen LogP contribution is -3.14. The van der Waals surface area contributed by atoms with Crippen LogP contribution in [0, 0.1) is 36.7 Å². The van der Waals surface area contributed by atoms with Crippen LogP contribution < -0.4 is 9.80 Å². The van der Waals surface area contributed by atoms with Gasteiger partial charge >= 0.3 is 0 Å². The minimum atomic E-state index is 0.623. The first-order valence-corrected chi connectivity index (χ1v) is 9.65. The minimum Gasteiger partial charge on any atom is -0.360 e. The van der Waals surface area contributed by atoms with Crippen LogP contribution in [0.15, 0.2) is 24.3 Å². The molecule has 0 atom stereocenters. The molecule has 1 aromatic carbocycles. The quantitative estimate of drug-likeness (QED) is 0.822. The largest absolute Gasteiger partial charge is 0.360 e. The van der Waals surface area contributed by atoms with Crippen molar-refractivity contribution in [1.29, 1.82) is 5.26 Å². The number of quaternary nitrogens is 1. The van der Waals surface area contributed by atoms with Crippen LogP contribution in [0.5, 0.6) is 0 Å². The molecule has 1 saturated heterocycles. The molecule has 0 saturated carbocycles. The number of nitrogens with one attached hydrogen (secondary N) is 1. The van der Waals surface area contributed by atoms with Gasteiger partial charge in [-0.1, -0.05) is 29.9 Å². The van der Waals surface area contributed by atoms with E-state index in [4.69, 9.17) is 23.8 Å². The Balaban J connectivity index is 1.73. The molecule has 0 radical (unpaired) electrons. The van der Waals surface area contributed by atoms with E-state index in [0.717, 1.165) is 49.1 Å². The molecule has 2 aromatic rings. The number of benzene rings is 1. The van der Waals surface area contributed by atoms with E-state index in [-0.39, 0.29) is 0 Å². The van der Waals surface area contributed by atoms with Crippen LogP contribution in [-0.4, -0.2) is 30.7 Å². The number of aromatic nitrogens is 1. The summed E-state index contributed by atoms with van der Waals surface area (Å²) in [6.45, 7) is 11.0. The van der Waals surface area contributed by atoms with Gasteiger partial charge in [0.05, 0.1) is 31.7 Å². The number of piperazine rings is 1. The van der Waals surface area contributed by atoms with Crippen molar-refractivity contribution in [2.45, 2.75) is 27.4 Å². The Morgan fingerprint density at radius 3 is 2.50 bits per heavy atom. The fourth-order valence-electron chi connectivity index (χ4n) is 3.63. The first-order valence-electron chi connectivity index (χ1n) is 8.86. The van der Waals surface area contributed by atoms with Gasteiger partial charge in [0.2, 0.25) is 0 Å². The maximum absolute atomic E-state index is 9.38. The van der Waals surface area contributed by atoms with Gasteiger partial charge in [-0.2, -0.15) is 5.26 Å². The molecule has 26 heavy (non-hydrogen) atoms. The van der Waals surface area contributed by atoms with Crippen molar-refractivity contribution in [3.05, 3.63) is 56.3 Å². The SMILES string of the molecule is Cc1ccc(Cl)cc1N1CC[NH+](Cn2c(C)cc(C)c(C#N)c2=S)CC1. The highest BCUT2D eigenvalue weighted by Gasteiger charge is 2.22. The molecular weight excluding hydrogens is 364 g/mol. The van der Waals surface area contributed by atoms with Crippen LogP contribution >= 0.6 is 23.8 Å². The lowest BCUT2D eigenvalue weighted by molar-refractivity contribution is -0.923. The molecule has 0 unspecified atom stereocenters. The number of anilines is 1. The lowest BCUT2D eigenvalue weighted by atomic mass is 10.1. The first-order chi connectivity index (χ1) is 12.4. The molecule has 3 rings (SSSR count). The van der Waals surface area contributed by atoms with E-state index in [1.54, 1.807) is 0 Å². The Kier molecular flexibility index (Phi) is 5.67. The van der Waals surface area contributed by atoms with Gasteiger partial charge in [-0.25, -0.2) is 0 Å². The molecule has 136 valence electrons. The van der Waals surface area contributed by atoms with Gasteiger partial charge in [0.25, 0.3) is 0 Å². The fraction of sp³-hybridized carbons (Fsp3) is 0.400. The number of rotatable bonds is 3. The monoisotopic (exact) mass is 387 g/mol. The summed E-state index contributed by atoms with van der Waals surface area (Å²) in [6.07, 6.45) is 0. The van der Waals surface area contributed by atoms with Crippen molar-refractivity contribution < 1.29 is 4.90 Å². The van der Waals surface area contributed by atoms with Gasteiger partial charge in [0.1, 0.15) is 10.7 Å². The fourth-order valence-corrected chi connectivity index (χ4v) is 4.21. The Morgan fingerprint density at radius 2 is 1.85 bits per heavy atom. The maximum Gasteiger partial charge on any atom is 0.157 e. The Hall–Kier alpha value is -1.87. The zero-order valence-corrected chi connectivity index (χ0v) is 17.0. The second-order valence-corrected chi connectivity index (χ2v) is 7.84. The molecule has 2 heterocycles. The van der Waals surface area contributed by atoms with E-state index in [1.165, 1.54) is 16.2 Å². The highest BCUT2D eigenvalue weighted by molar-refractivity contribution is 7.71. The molecule has 6 heteroatoms. The normalized spacial score (nSPS) is 15.1. The number of pyridine rings is 1. The van der Waals surface area contributed by atoms with Crippen LogP contribution in [0.4, 0.5) is 5.69 Å². The highest BCUT2D eigenvalue weighted by Crippen LogP contribution is 2.24. The molecule has 1 aromatic heterocycles. The number of nitrogens with zero attached hydrogens (tertiary/aromatic N) is 3. The van der Waals surface area contributed by atoms with E-state index in [0.29, 0.717) is 10.2 Å². The average molecular weight is 388 g/mol. The predicted molar refractivity (Wildman–Crippen MR) is 109 cm³/mol. The lowest BCUT2D eigenvalue weighted by Gasteiger charge is -2.35. The van der Waals surface area contributed by atoms with Gasteiger partial charge in [0, 0.05) is 16.4 Å². The van der Waals surface area contributed by atoms with Crippen LogP contribution in [-0.2, 0) is 6.67 Å². The summed E-state index contributed by atoms with van der Waals surface area (Å²) in [4.78, 5) is 3.89. The van der Waals surface area contributed by atoms with Crippen molar-refractivity contribution in [1.82, 2.24) is 4.57 Å². The minimum absolute atomic E-state index is 0.623. The molecule has 1 aliphatic rings. The van der Waals surface area contributed by atoms with Gasteiger partial charge in [-0.05, 0) is 50.1 Å². The second kappa shape index (κ2) is 7.79. The first kappa shape index (κ1) is 18.9. The molecular formula is C20H24ClN4S+. The summed E-state index contributed by atoms with van der Waals surface area (Å²) >= 11 is 11.7. The number of nitriles is 1. The van der Waals surface area contributed by atoms with Gasteiger partial charge in [-0.3, -0.25) is 4.57 Å². The van der Waals surface area contributed by atoms with Gasteiger partial charge in [-0.15, -0.1) is 0 Å². The zero-order valence-electron chi connectivity index (χ0n) is 15.5.